The van der Waals surface area contributed by atoms with E-state index in [1.165, 1.54) is 12.1 Å². The lowest BCUT2D eigenvalue weighted by Gasteiger charge is -2.11. The molecule has 0 saturated heterocycles. The molecule has 20 heavy (non-hydrogen) atoms. The van der Waals surface area contributed by atoms with Gasteiger partial charge in [0, 0.05) is 22.6 Å². The number of methoxy groups -OCH3 is 1. The van der Waals surface area contributed by atoms with Gasteiger partial charge >= 0.3 is 0 Å². The van der Waals surface area contributed by atoms with Crippen molar-refractivity contribution in [2.45, 2.75) is 13.2 Å². The van der Waals surface area contributed by atoms with Crippen LogP contribution >= 0.6 is 15.9 Å². The van der Waals surface area contributed by atoms with Crippen LogP contribution in [-0.4, -0.2) is 7.11 Å². The van der Waals surface area contributed by atoms with Gasteiger partial charge in [-0.25, -0.2) is 4.39 Å². The van der Waals surface area contributed by atoms with E-state index in [4.69, 9.17) is 15.2 Å². The molecular weight excluding hydrogens is 325 g/mol. The smallest absolute Gasteiger partial charge is 0.127 e. The van der Waals surface area contributed by atoms with E-state index in [1.54, 1.807) is 13.2 Å². The third-order valence-electron chi connectivity index (χ3n) is 2.80. The molecule has 5 heteroatoms. The average Bonchev–Trinajstić information content (AvgIpc) is 2.44. The van der Waals surface area contributed by atoms with Gasteiger partial charge in [0.05, 0.1) is 7.11 Å². The first-order valence-electron chi connectivity index (χ1n) is 6.07. The van der Waals surface area contributed by atoms with Crippen LogP contribution in [0.25, 0.3) is 0 Å². The highest BCUT2D eigenvalue weighted by Crippen LogP contribution is 2.25. The van der Waals surface area contributed by atoms with Crippen LogP contribution in [0.2, 0.25) is 0 Å². The second-order valence-electron chi connectivity index (χ2n) is 4.24. The van der Waals surface area contributed by atoms with Gasteiger partial charge < -0.3 is 15.2 Å². The number of halogens is 2. The molecule has 3 nitrogen and oxygen atoms in total. The lowest BCUT2D eigenvalue weighted by atomic mass is 10.2. The Kier molecular flexibility index (Phi) is 4.98. The zero-order chi connectivity index (χ0) is 14.5. The number of hydrogen-bond donors (Lipinski definition) is 1. The van der Waals surface area contributed by atoms with Gasteiger partial charge in [0.2, 0.25) is 0 Å². The van der Waals surface area contributed by atoms with E-state index >= 15 is 0 Å². The van der Waals surface area contributed by atoms with E-state index < -0.39 is 0 Å². The van der Waals surface area contributed by atoms with Crippen molar-refractivity contribution in [3.05, 3.63) is 57.8 Å². The van der Waals surface area contributed by atoms with Crippen molar-refractivity contribution in [1.29, 1.82) is 0 Å². The minimum Gasteiger partial charge on any atom is -0.496 e. The van der Waals surface area contributed by atoms with Crippen molar-refractivity contribution in [3.63, 3.8) is 0 Å². The summed E-state index contributed by atoms with van der Waals surface area (Å²) in [6.45, 7) is 0.560. The van der Waals surface area contributed by atoms with E-state index in [9.17, 15) is 4.39 Å². The summed E-state index contributed by atoms with van der Waals surface area (Å²) in [6.07, 6.45) is 0. The molecule has 106 valence electrons. The summed E-state index contributed by atoms with van der Waals surface area (Å²) in [4.78, 5) is 0. The van der Waals surface area contributed by atoms with E-state index in [2.05, 4.69) is 15.9 Å². The summed E-state index contributed by atoms with van der Waals surface area (Å²) >= 11 is 3.40. The average molecular weight is 340 g/mol. The first kappa shape index (κ1) is 14.8. The molecule has 0 spiro atoms. The molecule has 0 fully saturated rings. The monoisotopic (exact) mass is 339 g/mol. The molecule has 2 rings (SSSR count). The fourth-order valence-corrected chi connectivity index (χ4v) is 2.25. The minimum absolute atomic E-state index is 0.272. The second kappa shape index (κ2) is 6.72. The van der Waals surface area contributed by atoms with Gasteiger partial charge in [-0.15, -0.1) is 0 Å². The molecule has 0 bridgehead atoms. The van der Waals surface area contributed by atoms with Gasteiger partial charge in [0.1, 0.15) is 23.9 Å². The molecule has 0 aromatic heterocycles. The van der Waals surface area contributed by atoms with Gasteiger partial charge in [-0.3, -0.25) is 0 Å². The largest absolute Gasteiger partial charge is 0.496 e. The molecule has 0 aliphatic carbocycles. The third kappa shape index (κ3) is 3.71. The lowest BCUT2D eigenvalue weighted by Crippen LogP contribution is -2.01. The van der Waals surface area contributed by atoms with E-state index in [1.807, 2.05) is 18.2 Å². The highest BCUT2D eigenvalue weighted by atomic mass is 79.9. The molecule has 0 heterocycles. The Bertz CT molecular complexity index is 604. The van der Waals surface area contributed by atoms with Crippen LogP contribution in [0, 0.1) is 5.82 Å². The molecule has 0 unspecified atom stereocenters. The topological polar surface area (TPSA) is 44.5 Å². The first-order chi connectivity index (χ1) is 9.62. The van der Waals surface area contributed by atoms with Crippen LogP contribution in [0.15, 0.2) is 40.9 Å². The number of ether oxygens (including phenoxy) is 2. The molecule has 0 aliphatic heterocycles. The summed E-state index contributed by atoms with van der Waals surface area (Å²) in [5, 5.41) is 0. The standard InChI is InChI=1S/C15H15BrFNO2/c1-19-15-3-2-12(16)6-11(15)9-20-14-5-10(8-18)4-13(17)7-14/h2-7H,8-9,18H2,1H3. The fraction of sp³-hybridized carbons (Fsp3) is 0.200. The third-order valence-corrected chi connectivity index (χ3v) is 3.30. The van der Waals surface area contributed by atoms with Crippen molar-refractivity contribution in [2.24, 2.45) is 5.73 Å². The Balaban J connectivity index is 2.16. The number of rotatable bonds is 5. The maximum absolute atomic E-state index is 13.4. The molecular formula is C15H15BrFNO2. The Morgan fingerprint density at radius 2 is 2.00 bits per heavy atom. The van der Waals surface area contributed by atoms with Crippen molar-refractivity contribution < 1.29 is 13.9 Å². The van der Waals surface area contributed by atoms with Crippen molar-refractivity contribution in [1.82, 2.24) is 0 Å². The molecule has 0 radical (unpaired) electrons. The Morgan fingerprint density at radius 3 is 2.70 bits per heavy atom. The van der Waals surface area contributed by atoms with Crippen LogP contribution < -0.4 is 15.2 Å². The SMILES string of the molecule is COc1ccc(Br)cc1COc1cc(F)cc(CN)c1. The molecule has 2 aromatic carbocycles. The number of nitrogens with two attached hydrogens (primary N) is 1. The minimum atomic E-state index is -0.357. The van der Waals surface area contributed by atoms with E-state index in [-0.39, 0.29) is 19.0 Å². The summed E-state index contributed by atoms with van der Waals surface area (Å²) < 4.78 is 25.2. The van der Waals surface area contributed by atoms with Gasteiger partial charge in [-0.1, -0.05) is 15.9 Å². The second-order valence-corrected chi connectivity index (χ2v) is 5.16. The molecule has 2 N–H and O–H groups in total. The highest BCUT2D eigenvalue weighted by Gasteiger charge is 2.06. The Morgan fingerprint density at radius 1 is 1.20 bits per heavy atom. The quantitative estimate of drug-likeness (QED) is 0.904. The van der Waals surface area contributed by atoms with Crippen molar-refractivity contribution >= 4 is 15.9 Å². The molecule has 0 aliphatic rings. The van der Waals surface area contributed by atoms with Gasteiger partial charge in [-0.2, -0.15) is 0 Å². The van der Waals surface area contributed by atoms with Gasteiger partial charge in [-0.05, 0) is 35.9 Å². The predicted octanol–water partition coefficient (Wildman–Crippen LogP) is 3.63. The normalized spacial score (nSPS) is 10.4. The molecule has 0 amide bonds. The summed E-state index contributed by atoms with van der Waals surface area (Å²) in [5.74, 6) is 0.820. The zero-order valence-electron chi connectivity index (χ0n) is 11.0. The van der Waals surface area contributed by atoms with Gasteiger partial charge in [0.15, 0.2) is 0 Å². The lowest BCUT2D eigenvalue weighted by molar-refractivity contribution is 0.295. The van der Waals surface area contributed by atoms with Crippen LogP contribution in [0.5, 0.6) is 11.5 Å². The van der Waals surface area contributed by atoms with Crippen molar-refractivity contribution in [2.75, 3.05) is 7.11 Å². The summed E-state index contributed by atoms with van der Waals surface area (Å²) in [6, 6.07) is 10.1. The van der Waals surface area contributed by atoms with Crippen LogP contribution in [-0.2, 0) is 13.2 Å². The van der Waals surface area contributed by atoms with Gasteiger partial charge in [0.25, 0.3) is 0 Å². The number of benzene rings is 2. The molecule has 2 aromatic rings. The Labute approximate surface area is 125 Å². The highest BCUT2D eigenvalue weighted by molar-refractivity contribution is 9.10. The zero-order valence-corrected chi connectivity index (χ0v) is 12.6. The predicted molar refractivity (Wildman–Crippen MR) is 79.3 cm³/mol. The Hall–Kier alpha value is -1.59. The summed E-state index contributed by atoms with van der Waals surface area (Å²) in [5.41, 5.74) is 7.08. The van der Waals surface area contributed by atoms with Crippen molar-refractivity contribution in [3.8, 4) is 11.5 Å². The maximum Gasteiger partial charge on any atom is 0.127 e. The van der Waals surface area contributed by atoms with Crippen LogP contribution in [0.3, 0.4) is 0 Å². The molecule has 0 atom stereocenters. The van der Waals surface area contributed by atoms with E-state index in [0.717, 1.165) is 15.8 Å². The van der Waals surface area contributed by atoms with Crippen LogP contribution in [0.1, 0.15) is 11.1 Å². The first-order valence-corrected chi connectivity index (χ1v) is 6.86. The fourth-order valence-electron chi connectivity index (χ4n) is 1.84. The van der Waals surface area contributed by atoms with E-state index in [0.29, 0.717) is 11.3 Å². The molecule has 0 saturated carbocycles. The summed E-state index contributed by atoms with van der Waals surface area (Å²) in [7, 11) is 1.60. The van der Waals surface area contributed by atoms with Crippen LogP contribution in [0.4, 0.5) is 4.39 Å². The maximum atomic E-state index is 13.4. The number of hydrogen-bond acceptors (Lipinski definition) is 3.